The number of likely N-dealkylation sites (tertiary alicyclic amines) is 1. The molecular formula is C18H23NO7. The van der Waals surface area contributed by atoms with Gasteiger partial charge in [-0.1, -0.05) is 0 Å². The van der Waals surface area contributed by atoms with Gasteiger partial charge < -0.3 is 18.9 Å². The molecule has 0 radical (unpaired) electrons. The largest absolute Gasteiger partial charge is 0.493 e. The molecular weight excluding hydrogens is 342 g/mol. The topological polar surface area (TPSA) is 91.4 Å². The Balaban J connectivity index is 2.23. The van der Waals surface area contributed by atoms with Gasteiger partial charge in [-0.3, -0.25) is 19.3 Å². The quantitative estimate of drug-likeness (QED) is 0.534. The van der Waals surface area contributed by atoms with Crippen molar-refractivity contribution in [3.8, 4) is 17.2 Å². The highest BCUT2D eigenvalue weighted by Gasteiger charge is 2.35. The molecule has 0 spiro atoms. The maximum absolute atomic E-state index is 12.4. The van der Waals surface area contributed by atoms with Gasteiger partial charge in [0.1, 0.15) is 6.54 Å². The smallest absolute Gasteiger partial charge is 0.326 e. The minimum Gasteiger partial charge on any atom is -0.493 e. The Morgan fingerprint density at radius 2 is 1.58 bits per heavy atom. The Morgan fingerprint density at radius 3 is 2.00 bits per heavy atom. The third kappa shape index (κ3) is 4.07. The van der Waals surface area contributed by atoms with Gasteiger partial charge in [-0.05, 0) is 24.6 Å². The molecule has 0 N–H and O–H groups in total. The van der Waals surface area contributed by atoms with Crippen molar-refractivity contribution in [1.29, 1.82) is 0 Å². The van der Waals surface area contributed by atoms with Crippen molar-refractivity contribution in [3.05, 3.63) is 17.7 Å². The van der Waals surface area contributed by atoms with E-state index in [4.69, 9.17) is 18.9 Å². The number of hydrogen-bond donors (Lipinski definition) is 0. The van der Waals surface area contributed by atoms with Crippen molar-refractivity contribution in [2.75, 3.05) is 34.5 Å². The number of imide groups is 1. The average molecular weight is 365 g/mol. The molecule has 2 rings (SSSR count). The molecule has 8 heteroatoms. The number of hydrogen-bond acceptors (Lipinski definition) is 7. The summed E-state index contributed by atoms with van der Waals surface area (Å²) < 4.78 is 20.7. The fourth-order valence-corrected chi connectivity index (χ4v) is 2.94. The molecule has 0 unspecified atom stereocenters. The Kier molecular flexibility index (Phi) is 6.43. The summed E-state index contributed by atoms with van der Waals surface area (Å²) in [5, 5.41) is 0. The molecule has 26 heavy (non-hydrogen) atoms. The molecule has 8 nitrogen and oxygen atoms in total. The van der Waals surface area contributed by atoms with Crippen LogP contribution in [0.1, 0.15) is 31.2 Å². The fourth-order valence-electron chi connectivity index (χ4n) is 2.94. The molecule has 1 heterocycles. The molecule has 0 bridgehead atoms. The fraction of sp³-hybridized carbons (Fsp3) is 0.500. The zero-order valence-electron chi connectivity index (χ0n) is 15.4. The predicted molar refractivity (Wildman–Crippen MR) is 91.4 cm³/mol. The Labute approximate surface area is 152 Å². The van der Waals surface area contributed by atoms with Crippen molar-refractivity contribution >= 4 is 17.8 Å². The molecule has 1 aliphatic heterocycles. The van der Waals surface area contributed by atoms with Gasteiger partial charge in [0.15, 0.2) is 11.5 Å². The number of benzene rings is 1. The average Bonchev–Trinajstić information content (AvgIpc) is 2.63. The van der Waals surface area contributed by atoms with Crippen LogP contribution in [0.2, 0.25) is 0 Å². The van der Waals surface area contributed by atoms with E-state index in [1.807, 2.05) is 0 Å². The second kappa shape index (κ2) is 8.55. The maximum Gasteiger partial charge on any atom is 0.326 e. The standard InChI is InChI=1S/C18H23NO7/c1-5-26-17(22)10-19-15(20)8-12(9-16(19)21)11-6-13(23-2)18(25-4)14(7-11)24-3/h6-7,12H,5,8-10H2,1-4H3. The third-order valence-corrected chi connectivity index (χ3v) is 4.20. The molecule has 0 aromatic heterocycles. The van der Waals surface area contributed by atoms with Gasteiger partial charge in [0, 0.05) is 18.8 Å². The second-order valence-corrected chi connectivity index (χ2v) is 5.74. The van der Waals surface area contributed by atoms with Crippen LogP contribution in [-0.4, -0.2) is 57.2 Å². The van der Waals surface area contributed by atoms with Crippen LogP contribution in [0.15, 0.2) is 12.1 Å². The molecule has 2 amide bonds. The lowest BCUT2D eigenvalue weighted by Gasteiger charge is -2.30. The van der Waals surface area contributed by atoms with E-state index in [0.29, 0.717) is 17.2 Å². The van der Waals surface area contributed by atoms with Crippen LogP contribution in [0.4, 0.5) is 0 Å². The number of ether oxygens (including phenoxy) is 4. The number of nitrogens with zero attached hydrogens (tertiary/aromatic N) is 1. The highest BCUT2D eigenvalue weighted by molar-refractivity contribution is 6.01. The summed E-state index contributed by atoms with van der Waals surface area (Å²) in [4.78, 5) is 37.3. The van der Waals surface area contributed by atoms with Crippen molar-refractivity contribution < 1.29 is 33.3 Å². The molecule has 1 saturated heterocycles. The molecule has 1 fully saturated rings. The summed E-state index contributed by atoms with van der Waals surface area (Å²) in [7, 11) is 4.50. The molecule has 0 atom stereocenters. The number of methoxy groups -OCH3 is 3. The monoisotopic (exact) mass is 365 g/mol. The minimum atomic E-state index is -0.597. The van der Waals surface area contributed by atoms with Crippen LogP contribution >= 0.6 is 0 Å². The lowest BCUT2D eigenvalue weighted by molar-refractivity contribution is -0.157. The van der Waals surface area contributed by atoms with Gasteiger partial charge in [-0.25, -0.2) is 0 Å². The van der Waals surface area contributed by atoms with E-state index in [9.17, 15) is 14.4 Å². The van der Waals surface area contributed by atoms with E-state index in [1.54, 1.807) is 19.1 Å². The van der Waals surface area contributed by atoms with Gasteiger partial charge >= 0.3 is 5.97 Å². The zero-order chi connectivity index (χ0) is 19.3. The van der Waals surface area contributed by atoms with Crippen molar-refractivity contribution in [2.24, 2.45) is 0 Å². The van der Waals surface area contributed by atoms with Crippen molar-refractivity contribution in [1.82, 2.24) is 4.90 Å². The first-order chi connectivity index (χ1) is 12.4. The Morgan fingerprint density at radius 1 is 1.04 bits per heavy atom. The molecule has 1 aliphatic rings. The maximum atomic E-state index is 12.4. The van der Waals surface area contributed by atoms with Crippen molar-refractivity contribution in [3.63, 3.8) is 0 Å². The van der Waals surface area contributed by atoms with Crippen LogP contribution in [-0.2, 0) is 19.1 Å². The molecule has 0 aliphatic carbocycles. The molecule has 1 aromatic rings. The minimum absolute atomic E-state index is 0.101. The molecule has 0 saturated carbocycles. The zero-order valence-corrected chi connectivity index (χ0v) is 15.4. The number of rotatable bonds is 7. The van der Waals surface area contributed by atoms with E-state index < -0.39 is 17.8 Å². The van der Waals surface area contributed by atoms with Crippen LogP contribution < -0.4 is 14.2 Å². The summed E-state index contributed by atoms with van der Waals surface area (Å²) >= 11 is 0. The van der Waals surface area contributed by atoms with Crippen LogP contribution in [0.25, 0.3) is 0 Å². The lowest BCUT2D eigenvalue weighted by atomic mass is 9.88. The Hall–Kier alpha value is -2.77. The van der Waals surface area contributed by atoms with Crippen LogP contribution in [0, 0.1) is 0 Å². The lowest BCUT2D eigenvalue weighted by Crippen LogP contribution is -2.45. The number of amides is 2. The number of piperidine rings is 1. The Bertz CT molecular complexity index is 658. The summed E-state index contributed by atoms with van der Waals surface area (Å²) in [6, 6.07) is 3.46. The molecule has 142 valence electrons. The van der Waals surface area contributed by atoms with Crippen LogP contribution in [0.5, 0.6) is 17.2 Å². The van der Waals surface area contributed by atoms with E-state index in [1.165, 1.54) is 21.3 Å². The van der Waals surface area contributed by atoms with E-state index in [-0.39, 0.29) is 31.9 Å². The van der Waals surface area contributed by atoms with Crippen LogP contribution in [0.3, 0.4) is 0 Å². The second-order valence-electron chi connectivity index (χ2n) is 5.74. The highest BCUT2D eigenvalue weighted by atomic mass is 16.5. The third-order valence-electron chi connectivity index (χ3n) is 4.20. The number of carbonyl (C=O) groups is 3. The van der Waals surface area contributed by atoms with Gasteiger partial charge in [-0.2, -0.15) is 0 Å². The number of carbonyl (C=O) groups excluding carboxylic acids is 3. The van der Waals surface area contributed by atoms with Gasteiger partial charge in [-0.15, -0.1) is 0 Å². The predicted octanol–water partition coefficient (Wildman–Crippen LogP) is 1.51. The number of esters is 1. The molecule has 1 aromatic carbocycles. The summed E-state index contributed by atoms with van der Waals surface area (Å²) in [6.45, 7) is 1.51. The normalized spacial score (nSPS) is 15.0. The first-order valence-corrected chi connectivity index (χ1v) is 8.23. The SMILES string of the molecule is CCOC(=O)CN1C(=O)CC(c2cc(OC)c(OC)c(OC)c2)CC1=O. The van der Waals surface area contributed by atoms with E-state index in [0.717, 1.165) is 10.5 Å². The van der Waals surface area contributed by atoms with E-state index in [2.05, 4.69) is 0 Å². The van der Waals surface area contributed by atoms with Gasteiger partial charge in [0.25, 0.3) is 0 Å². The summed E-state index contributed by atoms with van der Waals surface area (Å²) in [5.41, 5.74) is 0.733. The van der Waals surface area contributed by atoms with Gasteiger partial charge in [0.2, 0.25) is 17.6 Å². The van der Waals surface area contributed by atoms with E-state index >= 15 is 0 Å². The summed E-state index contributed by atoms with van der Waals surface area (Å²) in [5.74, 6) is -0.397. The van der Waals surface area contributed by atoms with Crippen molar-refractivity contribution in [2.45, 2.75) is 25.7 Å². The first-order valence-electron chi connectivity index (χ1n) is 8.23. The summed E-state index contributed by atoms with van der Waals surface area (Å²) in [6.07, 6.45) is 0.202. The highest BCUT2D eigenvalue weighted by Crippen LogP contribution is 2.42. The first kappa shape index (κ1) is 19.6. The van der Waals surface area contributed by atoms with Gasteiger partial charge in [0.05, 0.1) is 27.9 Å².